The van der Waals surface area contributed by atoms with Gasteiger partial charge in [-0.3, -0.25) is 4.79 Å². The lowest BCUT2D eigenvalue weighted by atomic mass is 10.2. The van der Waals surface area contributed by atoms with Gasteiger partial charge in [0.1, 0.15) is 11.6 Å². The highest BCUT2D eigenvalue weighted by molar-refractivity contribution is 6.30. The molecule has 1 aliphatic rings. The molecular weight excluding hydrogens is 391 g/mol. The molecule has 1 aromatic heterocycles. The van der Waals surface area contributed by atoms with Crippen LogP contribution in [0.5, 0.6) is 0 Å². The molecule has 0 radical (unpaired) electrons. The number of carbonyl (C=O) groups is 1. The van der Waals surface area contributed by atoms with E-state index in [9.17, 15) is 9.18 Å². The van der Waals surface area contributed by atoms with E-state index < -0.39 is 5.82 Å². The van der Waals surface area contributed by atoms with E-state index in [1.165, 1.54) is 6.07 Å². The molecule has 0 atom stereocenters. The number of carbonyl (C=O) groups excluding carboxylic acids is 1. The van der Waals surface area contributed by atoms with Crippen molar-refractivity contribution >= 4 is 34.7 Å². The van der Waals surface area contributed by atoms with E-state index in [1.807, 2.05) is 24.3 Å². The minimum Gasteiger partial charge on any atom is -0.368 e. The summed E-state index contributed by atoms with van der Waals surface area (Å²) in [6.07, 6.45) is 1.58. The summed E-state index contributed by atoms with van der Waals surface area (Å²) in [5.74, 6) is -0.172. The summed E-state index contributed by atoms with van der Waals surface area (Å²) in [5.41, 5.74) is 1.76. The first-order chi connectivity index (χ1) is 14.1. The van der Waals surface area contributed by atoms with E-state index >= 15 is 0 Å². The van der Waals surface area contributed by atoms with Crippen LogP contribution in [0.15, 0.2) is 66.9 Å². The molecular formula is C22H20ClFN4O. The zero-order valence-electron chi connectivity index (χ0n) is 15.7. The van der Waals surface area contributed by atoms with Crippen LogP contribution in [0.1, 0.15) is 10.4 Å². The molecule has 148 valence electrons. The van der Waals surface area contributed by atoms with Crippen LogP contribution in [0.4, 0.5) is 21.6 Å². The number of hydrogen-bond donors (Lipinski definition) is 1. The van der Waals surface area contributed by atoms with Crippen LogP contribution < -0.4 is 10.2 Å². The molecule has 2 aromatic carbocycles. The highest BCUT2D eigenvalue weighted by atomic mass is 35.5. The van der Waals surface area contributed by atoms with Crippen molar-refractivity contribution in [3.05, 3.63) is 83.3 Å². The highest BCUT2D eigenvalue weighted by Crippen LogP contribution is 2.24. The van der Waals surface area contributed by atoms with Gasteiger partial charge < -0.3 is 15.1 Å². The number of para-hydroxylation sites is 1. The van der Waals surface area contributed by atoms with Crippen molar-refractivity contribution in [1.29, 1.82) is 0 Å². The highest BCUT2D eigenvalue weighted by Gasteiger charge is 2.24. The molecule has 4 rings (SSSR count). The Morgan fingerprint density at radius 1 is 1.00 bits per heavy atom. The largest absolute Gasteiger partial charge is 0.368 e. The molecule has 1 aliphatic heterocycles. The predicted molar refractivity (Wildman–Crippen MR) is 113 cm³/mol. The summed E-state index contributed by atoms with van der Waals surface area (Å²) in [5, 5.41) is 3.64. The van der Waals surface area contributed by atoms with E-state index in [-0.39, 0.29) is 11.6 Å². The summed E-state index contributed by atoms with van der Waals surface area (Å²) in [7, 11) is 0. The van der Waals surface area contributed by atoms with Crippen molar-refractivity contribution in [2.75, 3.05) is 36.4 Å². The van der Waals surface area contributed by atoms with Crippen LogP contribution in [0, 0.1) is 5.82 Å². The Hall–Kier alpha value is -3.12. The average Bonchev–Trinajstić information content (AvgIpc) is 2.75. The first kappa shape index (κ1) is 19.2. The monoisotopic (exact) mass is 410 g/mol. The fourth-order valence-corrected chi connectivity index (χ4v) is 3.56. The van der Waals surface area contributed by atoms with Crippen LogP contribution >= 0.6 is 11.6 Å². The lowest BCUT2D eigenvalue weighted by Crippen LogP contribution is -2.48. The summed E-state index contributed by atoms with van der Waals surface area (Å²) in [4.78, 5) is 21.4. The molecule has 0 spiro atoms. The zero-order chi connectivity index (χ0) is 20.2. The number of piperazine rings is 1. The minimum atomic E-state index is -0.397. The Morgan fingerprint density at radius 2 is 1.79 bits per heavy atom. The first-order valence-corrected chi connectivity index (χ1v) is 9.76. The maximum absolute atomic E-state index is 14.0. The fourth-order valence-electron chi connectivity index (χ4n) is 3.38. The number of halogens is 2. The van der Waals surface area contributed by atoms with Crippen LogP contribution in [-0.2, 0) is 0 Å². The van der Waals surface area contributed by atoms with Crippen molar-refractivity contribution in [1.82, 2.24) is 9.88 Å². The third-order valence-corrected chi connectivity index (χ3v) is 5.14. The topological polar surface area (TPSA) is 48.5 Å². The molecule has 7 heteroatoms. The predicted octanol–water partition coefficient (Wildman–Crippen LogP) is 4.58. The number of aromatic nitrogens is 1. The first-order valence-electron chi connectivity index (χ1n) is 9.38. The second kappa shape index (κ2) is 8.49. The molecule has 1 N–H and O–H groups in total. The lowest BCUT2D eigenvalue weighted by molar-refractivity contribution is 0.0747. The van der Waals surface area contributed by atoms with E-state index in [0.29, 0.717) is 42.6 Å². The van der Waals surface area contributed by atoms with Gasteiger partial charge in [0.25, 0.3) is 5.91 Å². The van der Waals surface area contributed by atoms with Crippen LogP contribution in [0.3, 0.4) is 0 Å². The maximum Gasteiger partial charge on any atom is 0.257 e. The average molecular weight is 411 g/mol. The van der Waals surface area contributed by atoms with Gasteiger partial charge >= 0.3 is 0 Å². The van der Waals surface area contributed by atoms with Crippen molar-refractivity contribution in [2.24, 2.45) is 0 Å². The Kier molecular flexibility index (Phi) is 5.62. The molecule has 0 saturated carbocycles. The van der Waals surface area contributed by atoms with E-state index in [0.717, 1.165) is 5.69 Å². The number of anilines is 3. The van der Waals surface area contributed by atoms with Crippen LogP contribution in [0.25, 0.3) is 0 Å². The van der Waals surface area contributed by atoms with Gasteiger partial charge in [0.05, 0.1) is 11.3 Å². The summed E-state index contributed by atoms with van der Waals surface area (Å²) >= 11 is 6.09. The molecule has 2 heterocycles. The SMILES string of the molecule is O=C(c1cccnc1Nc1ccccc1F)N1CCN(c2cccc(Cl)c2)CC1. The Bertz CT molecular complexity index is 1020. The van der Waals surface area contributed by atoms with Crippen molar-refractivity contribution in [3.8, 4) is 0 Å². The van der Waals surface area contributed by atoms with Gasteiger partial charge in [0, 0.05) is 43.1 Å². The van der Waals surface area contributed by atoms with Crippen molar-refractivity contribution < 1.29 is 9.18 Å². The van der Waals surface area contributed by atoms with Gasteiger partial charge in [-0.05, 0) is 42.5 Å². The number of pyridine rings is 1. The Labute approximate surface area is 173 Å². The number of nitrogens with zero attached hydrogens (tertiary/aromatic N) is 3. The summed E-state index contributed by atoms with van der Waals surface area (Å²) in [6, 6.07) is 17.4. The number of benzene rings is 2. The van der Waals surface area contributed by atoms with Gasteiger partial charge in [-0.1, -0.05) is 29.8 Å². The minimum absolute atomic E-state index is 0.123. The maximum atomic E-state index is 14.0. The van der Waals surface area contributed by atoms with Crippen LogP contribution in [0.2, 0.25) is 5.02 Å². The second-order valence-corrected chi connectivity index (χ2v) is 7.20. The Morgan fingerprint density at radius 3 is 2.55 bits per heavy atom. The molecule has 1 amide bonds. The normalized spacial score (nSPS) is 14.0. The molecule has 3 aromatic rings. The molecule has 0 bridgehead atoms. The number of hydrogen-bond acceptors (Lipinski definition) is 4. The lowest BCUT2D eigenvalue weighted by Gasteiger charge is -2.36. The van der Waals surface area contributed by atoms with Crippen LogP contribution in [-0.4, -0.2) is 42.0 Å². The smallest absolute Gasteiger partial charge is 0.257 e. The molecule has 1 saturated heterocycles. The van der Waals surface area contributed by atoms with Crippen molar-refractivity contribution in [2.45, 2.75) is 0 Å². The number of rotatable bonds is 4. The Balaban J connectivity index is 1.47. The quantitative estimate of drug-likeness (QED) is 0.684. The molecule has 29 heavy (non-hydrogen) atoms. The van der Waals surface area contributed by atoms with Crippen molar-refractivity contribution in [3.63, 3.8) is 0 Å². The molecule has 0 aliphatic carbocycles. The zero-order valence-corrected chi connectivity index (χ0v) is 16.4. The van der Waals surface area contributed by atoms with E-state index in [2.05, 4.69) is 15.2 Å². The third kappa shape index (κ3) is 4.32. The summed E-state index contributed by atoms with van der Waals surface area (Å²) < 4.78 is 14.0. The van der Waals surface area contributed by atoms with E-state index in [1.54, 1.807) is 41.4 Å². The van der Waals surface area contributed by atoms with E-state index in [4.69, 9.17) is 11.6 Å². The van der Waals surface area contributed by atoms with Gasteiger partial charge in [-0.2, -0.15) is 0 Å². The van der Waals surface area contributed by atoms with Gasteiger partial charge in [0.2, 0.25) is 0 Å². The fraction of sp³-hybridized carbons (Fsp3) is 0.182. The molecule has 1 fully saturated rings. The number of amides is 1. The molecule has 5 nitrogen and oxygen atoms in total. The molecule has 0 unspecified atom stereocenters. The standard InChI is InChI=1S/C22H20ClFN4O/c23-16-5-3-6-17(15-16)27-11-13-28(14-12-27)22(29)18-7-4-10-25-21(18)26-20-9-2-1-8-19(20)24/h1-10,15H,11-14H2,(H,25,26). The summed E-state index contributed by atoms with van der Waals surface area (Å²) in [6.45, 7) is 2.59. The van der Waals surface area contributed by atoms with Gasteiger partial charge in [0.15, 0.2) is 0 Å². The number of nitrogens with one attached hydrogen (secondary N) is 1. The van der Waals surface area contributed by atoms with Gasteiger partial charge in [-0.25, -0.2) is 9.37 Å². The second-order valence-electron chi connectivity index (χ2n) is 6.76. The third-order valence-electron chi connectivity index (χ3n) is 4.91. The van der Waals surface area contributed by atoms with Gasteiger partial charge in [-0.15, -0.1) is 0 Å².